The Morgan fingerprint density at radius 3 is 2.48 bits per heavy atom. The quantitative estimate of drug-likeness (QED) is 0.826. The molecule has 0 fully saturated rings. The van der Waals surface area contributed by atoms with Gasteiger partial charge in [0.2, 0.25) is 0 Å². The van der Waals surface area contributed by atoms with Gasteiger partial charge in [0, 0.05) is 11.7 Å². The molecule has 2 heterocycles. The largest absolute Gasteiger partial charge is 0.359 e. The van der Waals surface area contributed by atoms with E-state index in [-0.39, 0.29) is 6.04 Å². The van der Waals surface area contributed by atoms with Gasteiger partial charge in [0.05, 0.1) is 12.2 Å². The number of anilines is 1. The lowest BCUT2D eigenvalue weighted by atomic mass is 10.3. The van der Waals surface area contributed by atoms with Gasteiger partial charge in [0.15, 0.2) is 5.76 Å². The highest BCUT2D eigenvalue weighted by Crippen LogP contribution is 2.18. The van der Waals surface area contributed by atoms with E-state index in [1.165, 1.54) is 0 Å². The highest BCUT2D eigenvalue weighted by Gasteiger charge is 2.20. The van der Waals surface area contributed by atoms with Crippen molar-refractivity contribution in [2.24, 2.45) is 0 Å². The van der Waals surface area contributed by atoms with Gasteiger partial charge < -0.3 is 15.2 Å². The molecule has 8 heteroatoms. The molecule has 0 saturated heterocycles. The van der Waals surface area contributed by atoms with Crippen molar-refractivity contribution >= 4 is 17.5 Å². The Morgan fingerprint density at radius 1 is 1.26 bits per heavy atom. The van der Waals surface area contributed by atoms with E-state index in [9.17, 15) is 9.59 Å². The third-order valence-electron chi connectivity index (χ3n) is 3.41. The number of aromatic nitrogens is 3. The molecule has 23 heavy (non-hydrogen) atoms. The molecule has 2 amide bonds. The van der Waals surface area contributed by atoms with Gasteiger partial charge in [-0.2, -0.15) is 5.10 Å². The summed E-state index contributed by atoms with van der Waals surface area (Å²) in [6.45, 7) is 9.51. The molecule has 2 aromatic rings. The number of carbonyl (C=O) groups is 2. The number of rotatable bonds is 4. The third kappa shape index (κ3) is 3.97. The van der Waals surface area contributed by atoms with Crippen LogP contribution in [0.15, 0.2) is 10.6 Å². The first-order chi connectivity index (χ1) is 10.8. The van der Waals surface area contributed by atoms with Crippen LogP contribution in [0.1, 0.15) is 29.8 Å². The number of nitrogens with one attached hydrogen (secondary N) is 2. The number of hydrogen-bond donors (Lipinski definition) is 2. The molecule has 0 spiro atoms. The van der Waals surface area contributed by atoms with Crippen molar-refractivity contribution in [3.8, 4) is 0 Å². The van der Waals surface area contributed by atoms with Gasteiger partial charge in [-0.3, -0.25) is 14.3 Å². The fourth-order valence-electron chi connectivity index (χ4n) is 2.29. The molecule has 0 saturated carbocycles. The summed E-state index contributed by atoms with van der Waals surface area (Å²) < 4.78 is 6.74. The third-order valence-corrected chi connectivity index (χ3v) is 3.41. The molecule has 0 radical (unpaired) electrons. The van der Waals surface area contributed by atoms with Gasteiger partial charge in [-0.15, -0.1) is 0 Å². The number of amides is 2. The summed E-state index contributed by atoms with van der Waals surface area (Å²) in [6.07, 6.45) is 0. The van der Waals surface area contributed by atoms with Crippen molar-refractivity contribution in [2.75, 3.05) is 5.32 Å². The zero-order chi connectivity index (χ0) is 17.1. The Labute approximate surface area is 134 Å². The van der Waals surface area contributed by atoms with E-state index in [0.717, 1.165) is 11.4 Å². The fourth-order valence-corrected chi connectivity index (χ4v) is 2.29. The second kappa shape index (κ2) is 6.64. The van der Waals surface area contributed by atoms with Gasteiger partial charge >= 0.3 is 11.8 Å². The number of aryl methyl sites for hydroxylation is 4. The van der Waals surface area contributed by atoms with Crippen LogP contribution in [-0.2, 0) is 16.1 Å². The fraction of sp³-hybridized carbons (Fsp3) is 0.467. The van der Waals surface area contributed by atoms with Gasteiger partial charge in [-0.05, 0) is 40.7 Å². The lowest BCUT2D eigenvalue weighted by Crippen LogP contribution is -2.42. The van der Waals surface area contributed by atoms with Crippen LogP contribution in [0.2, 0.25) is 0 Å². The van der Waals surface area contributed by atoms with Crippen LogP contribution in [0.5, 0.6) is 0 Å². The molecule has 0 aliphatic rings. The Hall–Kier alpha value is -2.64. The predicted octanol–water partition coefficient (Wildman–Crippen LogP) is 1.25. The molecule has 0 bridgehead atoms. The molecule has 124 valence electrons. The molecule has 0 unspecified atom stereocenters. The standard InChI is InChI=1S/C15H21N5O3/c1-8-6-10(3)20(18-8)7-9(2)16-14(21)15(22)17-13-11(4)19-23-12(13)5/h6,9H,7H2,1-5H3,(H,16,21)(H,17,22)/t9-/m0/s1. The average Bonchev–Trinajstić information content (AvgIpc) is 2.94. The minimum atomic E-state index is -0.750. The van der Waals surface area contributed by atoms with Crippen molar-refractivity contribution in [1.82, 2.24) is 20.3 Å². The van der Waals surface area contributed by atoms with Gasteiger partial charge in [0.25, 0.3) is 0 Å². The molecule has 2 N–H and O–H groups in total. The molecular weight excluding hydrogens is 298 g/mol. The molecule has 2 aromatic heterocycles. The van der Waals surface area contributed by atoms with E-state index in [1.54, 1.807) is 18.5 Å². The summed E-state index contributed by atoms with van der Waals surface area (Å²) in [5, 5.41) is 13.2. The maximum atomic E-state index is 12.0. The highest BCUT2D eigenvalue weighted by atomic mass is 16.5. The first-order valence-corrected chi connectivity index (χ1v) is 7.33. The summed E-state index contributed by atoms with van der Waals surface area (Å²) in [5.74, 6) is -1.00. The van der Waals surface area contributed by atoms with Crippen molar-refractivity contribution < 1.29 is 14.1 Å². The molecule has 0 aromatic carbocycles. The monoisotopic (exact) mass is 319 g/mol. The van der Waals surface area contributed by atoms with Crippen LogP contribution in [0.4, 0.5) is 5.69 Å². The van der Waals surface area contributed by atoms with Gasteiger partial charge in [-0.1, -0.05) is 5.16 Å². The Bertz CT molecular complexity index is 712. The molecule has 1 atom stereocenters. The minimum absolute atomic E-state index is 0.240. The predicted molar refractivity (Wildman–Crippen MR) is 83.9 cm³/mol. The molecule has 0 aliphatic carbocycles. The summed E-state index contributed by atoms with van der Waals surface area (Å²) in [7, 11) is 0. The van der Waals surface area contributed by atoms with Crippen molar-refractivity contribution in [3.05, 3.63) is 28.9 Å². The second-order valence-corrected chi connectivity index (χ2v) is 5.64. The van der Waals surface area contributed by atoms with Crippen LogP contribution in [-0.4, -0.2) is 32.8 Å². The maximum absolute atomic E-state index is 12.0. The Morgan fingerprint density at radius 2 is 1.96 bits per heavy atom. The van der Waals surface area contributed by atoms with Crippen LogP contribution < -0.4 is 10.6 Å². The van der Waals surface area contributed by atoms with Crippen LogP contribution in [0, 0.1) is 27.7 Å². The normalized spacial score (nSPS) is 12.0. The number of carbonyl (C=O) groups excluding carboxylic acids is 2. The maximum Gasteiger partial charge on any atom is 0.313 e. The molecule has 0 aliphatic heterocycles. The molecule has 8 nitrogen and oxygen atoms in total. The SMILES string of the molecule is Cc1cc(C)n(C[C@H](C)NC(=O)C(=O)Nc2c(C)noc2C)n1. The van der Waals surface area contributed by atoms with Crippen LogP contribution >= 0.6 is 0 Å². The van der Waals surface area contributed by atoms with Crippen molar-refractivity contribution in [1.29, 1.82) is 0 Å². The summed E-state index contributed by atoms with van der Waals surface area (Å²) in [6, 6.07) is 1.72. The summed E-state index contributed by atoms with van der Waals surface area (Å²) >= 11 is 0. The van der Waals surface area contributed by atoms with E-state index in [1.807, 2.05) is 26.8 Å². The molecule has 2 rings (SSSR count). The topological polar surface area (TPSA) is 102 Å². The van der Waals surface area contributed by atoms with E-state index in [0.29, 0.717) is 23.7 Å². The second-order valence-electron chi connectivity index (χ2n) is 5.64. The Kier molecular flexibility index (Phi) is 4.83. The van der Waals surface area contributed by atoms with E-state index in [4.69, 9.17) is 4.52 Å². The summed E-state index contributed by atoms with van der Waals surface area (Å²) in [5.41, 5.74) is 2.87. The average molecular weight is 319 g/mol. The number of hydrogen-bond acceptors (Lipinski definition) is 5. The molecular formula is C15H21N5O3. The lowest BCUT2D eigenvalue weighted by molar-refractivity contribution is -0.136. The Balaban J connectivity index is 1.93. The summed E-state index contributed by atoms with van der Waals surface area (Å²) in [4.78, 5) is 23.9. The zero-order valence-electron chi connectivity index (χ0n) is 13.9. The van der Waals surface area contributed by atoms with Crippen molar-refractivity contribution in [3.63, 3.8) is 0 Å². The lowest BCUT2D eigenvalue weighted by Gasteiger charge is -2.14. The zero-order valence-corrected chi connectivity index (χ0v) is 13.9. The first kappa shape index (κ1) is 16.7. The van der Waals surface area contributed by atoms with Gasteiger partial charge in [0.1, 0.15) is 11.4 Å². The first-order valence-electron chi connectivity index (χ1n) is 7.33. The van der Waals surface area contributed by atoms with E-state index >= 15 is 0 Å². The van der Waals surface area contributed by atoms with Gasteiger partial charge in [-0.25, -0.2) is 0 Å². The minimum Gasteiger partial charge on any atom is -0.359 e. The van der Waals surface area contributed by atoms with E-state index in [2.05, 4.69) is 20.9 Å². The number of nitrogens with zero attached hydrogens (tertiary/aromatic N) is 3. The highest BCUT2D eigenvalue weighted by molar-refractivity contribution is 6.39. The van der Waals surface area contributed by atoms with Crippen LogP contribution in [0.25, 0.3) is 0 Å². The van der Waals surface area contributed by atoms with E-state index < -0.39 is 11.8 Å². The van der Waals surface area contributed by atoms with Crippen LogP contribution in [0.3, 0.4) is 0 Å². The van der Waals surface area contributed by atoms with Crippen molar-refractivity contribution in [2.45, 2.75) is 47.2 Å². The smallest absolute Gasteiger partial charge is 0.313 e.